The van der Waals surface area contributed by atoms with Crippen LogP contribution < -0.4 is 14.5 Å². The van der Waals surface area contributed by atoms with E-state index in [2.05, 4.69) is 42.1 Å². The van der Waals surface area contributed by atoms with Gasteiger partial charge in [-0.1, -0.05) is 18.2 Å². The van der Waals surface area contributed by atoms with Crippen LogP contribution in [0.25, 0.3) is 33.1 Å². The highest BCUT2D eigenvalue weighted by Gasteiger charge is 2.21. The van der Waals surface area contributed by atoms with Gasteiger partial charge >= 0.3 is 0 Å². The van der Waals surface area contributed by atoms with Crippen molar-refractivity contribution in [1.29, 1.82) is 0 Å². The van der Waals surface area contributed by atoms with Crippen LogP contribution in [0.5, 0.6) is 5.75 Å². The second kappa shape index (κ2) is 8.87. The Hall–Kier alpha value is -4.20. The van der Waals surface area contributed by atoms with E-state index < -0.39 is 0 Å². The van der Waals surface area contributed by atoms with Crippen LogP contribution in [0, 0.1) is 0 Å². The van der Waals surface area contributed by atoms with Crippen molar-refractivity contribution >= 4 is 33.6 Å². The molecule has 1 aliphatic heterocycles. The Bertz CT molecular complexity index is 1490. The van der Waals surface area contributed by atoms with Gasteiger partial charge in [0.05, 0.1) is 17.1 Å². The van der Waals surface area contributed by atoms with Crippen molar-refractivity contribution in [1.82, 2.24) is 25.1 Å². The molecule has 0 amide bonds. The Morgan fingerprint density at radius 3 is 2.60 bits per heavy atom. The predicted octanol–water partition coefficient (Wildman–Crippen LogP) is 4.68. The molecule has 0 radical (unpaired) electrons. The van der Waals surface area contributed by atoms with E-state index in [1.54, 1.807) is 0 Å². The van der Waals surface area contributed by atoms with Crippen molar-refractivity contribution in [2.45, 2.75) is 20.0 Å². The minimum atomic E-state index is 0.119. The third kappa shape index (κ3) is 4.23. The maximum Gasteiger partial charge on any atom is 0.225 e. The van der Waals surface area contributed by atoms with Crippen LogP contribution in [0.2, 0.25) is 0 Å². The summed E-state index contributed by atoms with van der Waals surface area (Å²) in [7, 11) is 0. The van der Waals surface area contributed by atoms with Gasteiger partial charge in [-0.15, -0.1) is 0 Å². The maximum atomic E-state index is 5.89. The molecule has 5 aromatic rings. The second-order valence-electron chi connectivity index (χ2n) is 9.05. The van der Waals surface area contributed by atoms with Crippen molar-refractivity contribution in [3.8, 4) is 17.0 Å². The SMILES string of the molecule is CC(C)Oc1ccc2[nH]nc(-c3ccnc(N4CCN(c5ncc6ccccc6n5)CC4)c3)c2c1. The molecule has 1 N–H and O–H groups in total. The van der Waals surface area contributed by atoms with Gasteiger partial charge in [0.1, 0.15) is 17.3 Å². The summed E-state index contributed by atoms with van der Waals surface area (Å²) in [5.41, 5.74) is 3.89. The summed E-state index contributed by atoms with van der Waals surface area (Å²) in [5, 5.41) is 9.84. The summed E-state index contributed by atoms with van der Waals surface area (Å²) >= 11 is 0. The van der Waals surface area contributed by atoms with Gasteiger partial charge in [0.15, 0.2) is 0 Å². The molecule has 0 saturated carbocycles. The first kappa shape index (κ1) is 21.3. The number of H-pyrrole nitrogens is 1. The molecular formula is C27H27N7O. The Kier molecular flexibility index (Phi) is 5.41. The van der Waals surface area contributed by atoms with Gasteiger partial charge in [-0.25, -0.2) is 15.0 Å². The molecule has 1 fully saturated rings. The number of nitrogens with one attached hydrogen (secondary N) is 1. The molecule has 6 rings (SSSR count). The molecule has 0 atom stereocenters. The number of fused-ring (bicyclic) bond motifs is 2. The van der Waals surface area contributed by atoms with Gasteiger partial charge in [0.2, 0.25) is 5.95 Å². The molecule has 1 saturated heterocycles. The van der Waals surface area contributed by atoms with Crippen LogP contribution in [0.15, 0.2) is 67.0 Å². The minimum absolute atomic E-state index is 0.119. The van der Waals surface area contributed by atoms with E-state index in [1.165, 1.54) is 0 Å². The molecular weight excluding hydrogens is 438 g/mol. The highest BCUT2D eigenvalue weighted by Crippen LogP contribution is 2.31. The zero-order valence-electron chi connectivity index (χ0n) is 19.8. The van der Waals surface area contributed by atoms with E-state index in [-0.39, 0.29) is 6.10 Å². The first-order chi connectivity index (χ1) is 17.1. The number of nitrogens with zero attached hydrogens (tertiary/aromatic N) is 6. The molecule has 0 bridgehead atoms. The van der Waals surface area contributed by atoms with E-state index >= 15 is 0 Å². The lowest BCUT2D eigenvalue weighted by molar-refractivity contribution is 0.243. The predicted molar refractivity (Wildman–Crippen MR) is 139 cm³/mol. The highest BCUT2D eigenvalue weighted by molar-refractivity contribution is 5.94. The number of benzene rings is 2. The third-order valence-electron chi connectivity index (χ3n) is 6.29. The lowest BCUT2D eigenvalue weighted by Crippen LogP contribution is -2.47. The van der Waals surface area contributed by atoms with Gasteiger partial charge in [0, 0.05) is 54.9 Å². The molecule has 0 spiro atoms. The first-order valence-corrected chi connectivity index (χ1v) is 12.0. The number of hydrogen-bond donors (Lipinski definition) is 1. The standard InChI is InChI=1S/C27H27N7O/c1-18(2)35-21-7-8-24-22(16-21)26(32-31-24)19-9-10-28-25(15-19)33-11-13-34(14-12-33)27-29-17-20-5-3-4-6-23(20)30-27/h3-10,15-18H,11-14H2,1-2H3,(H,31,32). The van der Waals surface area contributed by atoms with Crippen LogP contribution in [0.3, 0.4) is 0 Å². The highest BCUT2D eigenvalue weighted by atomic mass is 16.5. The molecule has 1 aliphatic rings. The molecule has 2 aromatic carbocycles. The summed E-state index contributed by atoms with van der Waals surface area (Å²) in [6, 6.07) is 18.3. The summed E-state index contributed by atoms with van der Waals surface area (Å²) in [6.07, 6.45) is 3.88. The lowest BCUT2D eigenvalue weighted by atomic mass is 10.1. The average molecular weight is 466 g/mol. The van der Waals surface area contributed by atoms with Crippen molar-refractivity contribution in [3.63, 3.8) is 0 Å². The summed E-state index contributed by atoms with van der Waals surface area (Å²) in [5.74, 6) is 2.58. The topological polar surface area (TPSA) is 83.1 Å². The van der Waals surface area contributed by atoms with Crippen LogP contribution in [-0.2, 0) is 0 Å². The Balaban J connectivity index is 1.21. The van der Waals surface area contributed by atoms with Gasteiger partial charge < -0.3 is 14.5 Å². The smallest absolute Gasteiger partial charge is 0.225 e. The molecule has 4 heterocycles. The van der Waals surface area contributed by atoms with Crippen LogP contribution in [-0.4, -0.2) is 57.4 Å². The molecule has 0 aliphatic carbocycles. The van der Waals surface area contributed by atoms with E-state index in [1.807, 2.05) is 68.7 Å². The number of hydrogen-bond acceptors (Lipinski definition) is 7. The summed E-state index contributed by atoms with van der Waals surface area (Å²) in [6.45, 7) is 7.43. The molecule has 0 unspecified atom stereocenters. The second-order valence-corrected chi connectivity index (χ2v) is 9.05. The fraction of sp³-hybridized carbons (Fsp3) is 0.259. The van der Waals surface area contributed by atoms with Crippen molar-refractivity contribution < 1.29 is 4.74 Å². The fourth-order valence-electron chi connectivity index (χ4n) is 4.55. The molecule has 35 heavy (non-hydrogen) atoms. The van der Waals surface area contributed by atoms with Gasteiger partial charge in [-0.3, -0.25) is 5.10 Å². The lowest BCUT2D eigenvalue weighted by Gasteiger charge is -2.35. The van der Waals surface area contributed by atoms with Crippen LogP contribution in [0.1, 0.15) is 13.8 Å². The average Bonchev–Trinajstić information content (AvgIpc) is 3.31. The van der Waals surface area contributed by atoms with Gasteiger partial charge in [-0.05, 0) is 50.2 Å². The largest absolute Gasteiger partial charge is 0.491 e. The summed E-state index contributed by atoms with van der Waals surface area (Å²) < 4.78 is 5.89. The zero-order valence-corrected chi connectivity index (χ0v) is 19.8. The zero-order chi connectivity index (χ0) is 23.8. The normalized spacial score (nSPS) is 14.3. The first-order valence-electron chi connectivity index (χ1n) is 12.0. The fourth-order valence-corrected chi connectivity index (χ4v) is 4.55. The third-order valence-corrected chi connectivity index (χ3v) is 6.29. The van der Waals surface area contributed by atoms with E-state index in [0.29, 0.717) is 0 Å². The number of pyridine rings is 1. The Labute approximate surface area is 203 Å². The molecule has 176 valence electrons. The van der Waals surface area contributed by atoms with Crippen molar-refractivity contribution in [2.75, 3.05) is 36.0 Å². The number of ether oxygens (including phenoxy) is 1. The number of para-hydroxylation sites is 1. The summed E-state index contributed by atoms with van der Waals surface area (Å²) in [4.78, 5) is 18.6. The maximum absolute atomic E-state index is 5.89. The minimum Gasteiger partial charge on any atom is -0.491 e. The number of aromatic nitrogens is 5. The van der Waals surface area contributed by atoms with Crippen LogP contribution >= 0.6 is 0 Å². The van der Waals surface area contributed by atoms with Gasteiger partial charge in [-0.2, -0.15) is 5.10 Å². The van der Waals surface area contributed by atoms with E-state index in [4.69, 9.17) is 9.72 Å². The quantitative estimate of drug-likeness (QED) is 0.403. The number of piperazine rings is 1. The molecule has 8 heteroatoms. The monoisotopic (exact) mass is 465 g/mol. The Morgan fingerprint density at radius 1 is 0.914 bits per heavy atom. The Morgan fingerprint density at radius 2 is 1.74 bits per heavy atom. The number of rotatable bonds is 5. The van der Waals surface area contributed by atoms with Gasteiger partial charge in [0.25, 0.3) is 0 Å². The molecule has 8 nitrogen and oxygen atoms in total. The molecule has 3 aromatic heterocycles. The van der Waals surface area contributed by atoms with E-state index in [0.717, 1.165) is 76.8 Å². The number of aromatic amines is 1. The van der Waals surface area contributed by atoms with Crippen LogP contribution in [0.4, 0.5) is 11.8 Å². The van der Waals surface area contributed by atoms with Crippen molar-refractivity contribution in [2.24, 2.45) is 0 Å². The van der Waals surface area contributed by atoms with E-state index in [9.17, 15) is 0 Å². The number of anilines is 2. The van der Waals surface area contributed by atoms with Crippen molar-refractivity contribution in [3.05, 3.63) is 67.0 Å².